The molecule has 2 bridgehead atoms. The second-order valence-electron chi connectivity index (χ2n) is 6.00. The van der Waals surface area contributed by atoms with Crippen molar-refractivity contribution in [1.29, 1.82) is 0 Å². The van der Waals surface area contributed by atoms with Gasteiger partial charge in [-0.2, -0.15) is 0 Å². The topological polar surface area (TPSA) is 24.5 Å². The van der Waals surface area contributed by atoms with Crippen molar-refractivity contribution >= 4 is 0 Å². The summed E-state index contributed by atoms with van der Waals surface area (Å²) >= 11 is 0. The average Bonchev–Trinajstić information content (AvgIpc) is 2.72. The van der Waals surface area contributed by atoms with Crippen molar-refractivity contribution in [3.63, 3.8) is 0 Å². The van der Waals surface area contributed by atoms with Gasteiger partial charge in [-0.05, 0) is 58.0 Å². The fourth-order valence-corrected chi connectivity index (χ4v) is 3.65. The maximum absolute atomic E-state index is 5.14. The molecule has 0 spiro atoms. The Bertz CT molecular complexity index is 223. The largest absolute Gasteiger partial charge is 0.385 e. The molecule has 3 heteroatoms. The summed E-state index contributed by atoms with van der Waals surface area (Å²) in [5, 5.41) is 3.75. The smallest absolute Gasteiger partial charge is 0.0462 e. The van der Waals surface area contributed by atoms with E-state index < -0.39 is 0 Å². The van der Waals surface area contributed by atoms with Crippen molar-refractivity contribution in [2.24, 2.45) is 0 Å². The van der Waals surface area contributed by atoms with Crippen molar-refractivity contribution in [2.75, 3.05) is 26.8 Å². The van der Waals surface area contributed by atoms with Crippen LogP contribution >= 0.6 is 0 Å². The second-order valence-corrected chi connectivity index (χ2v) is 6.00. The molecule has 2 atom stereocenters. The Hall–Kier alpha value is -0.120. The lowest BCUT2D eigenvalue weighted by Crippen LogP contribution is -2.48. The molecule has 2 aliphatic heterocycles. The Kier molecular flexibility index (Phi) is 5.93. The molecule has 2 heterocycles. The summed E-state index contributed by atoms with van der Waals surface area (Å²) in [5.74, 6) is 0. The monoisotopic (exact) mass is 254 g/mol. The van der Waals surface area contributed by atoms with Gasteiger partial charge in [-0.1, -0.05) is 6.92 Å². The van der Waals surface area contributed by atoms with Gasteiger partial charge in [0.1, 0.15) is 0 Å². The van der Waals surface area contributed by atoms with Crippen LogP contribution in [-0.2, 0) is 4.74 Å². The number of fused-ring (bicyclic) bond motifs is 2. The maximum Gasteiger partial charge on any atom is 0.0462 e. The van der Waals surface area contributed by atoms with Crippen LogP contribution in [0.1, 0.15) is 51.9 Å². The summed E-state index contributed by atoms with van der Waals surface area (Å²) in [6.45, 7) is 5.76. The molecule has 3 nitrogen and oxygen atoms in total. The van der Waals surface area contributed by atoms with Crippen molar-refractivity contribution in [1.82, 2.24) is 10.2 Å². The fourth-order valence-electron chi connectivity index (χ4n) is 3.65. The van der Waals surface area contributed by atoms with E-state index in [0.29, 0.717) is 0 Å². The Morgan fingerprint density at radius 1 is 1.11 bits per heavy atom. The van der Waals surface area contributed by atoms with Gasteiger partial charge in [0.05, 0.1) is 0 Å². The fraction of sp³-hybridized carbons (Fsp3) is 1.00. The Balaban J connectivity index is 1.77. The first-order valence-corrected chi connectivity index (χ1v) is 7.82. The standard InChI is InChI=1S/C15H30N2O/c1-3-8-17(9-4-5-10-18-2)15-11-13-6-7-14(12-15)16-13/h13-16H,3-12H2,1-2H3. The number of nitrogens with one attached hydrogen (secondary N) is 1. The summed E-state index contributed by atoms with van der Waals surface area (Å²) in [6, 6.07) is 2.46. The highest BCUT2D eigenvalue weighted by molar-refractivity contribution is 4.95. The highest BCUT2D eigenvalue weighted by Gasteiger charge is 2.35. The number of piperidine rings is 1. The van der Waals surface area contributed by atoms with Gasteiger partial charge in [-0.15, -0.1) is 0 Å². The normalized spacial score (nSPS) is 31.2. The van der Waals surface area contributed by atoms with Crippen LogP contribution in [0.25, 0.3) is 0 Å². The molecule has 2 aliphatic rings. The molecule has 0 saturated carbocycles. The summed E-state index contributed by atoms with van der Waals surface area (Å²) in [4.78, 5) is 2.75. The first-order valence-electron chi connectivity index (χ1n) is 7.82. The van der Waals surface area contributed by atoms with Crippen LogP contribution in [0.5, 0.6) is 0 Å². The minimum Gasteiger partial charge on any atom is -0.385 e. The summed E-state index contributed by atoms with van der Waals surface area (Å²) < 4.78 is 5.14. The number of methoxy groups -OCH3 is 1. The summed E-state index contributed by atoms with van der Waals surface area (Å²) in [7, 11) is 1.80. The summed E-state index contributed by atoms with van der Waals surface area (Å²) in [5.41, 5.74) is 0. The van der Waals surface area contributed by atoms with E-state index in [2.05, 4.69) is 17.1 Å². The van der Waals surface area contributed by atoms with Gasteiger partial charge in [0.2, 0.25) is 0 Å². The third kappa shape index (κ3) is 3.94. The van der Waals surface area contributed by atoms with E-state index in [-0.39, 0.29) is 0 Å². The highest BCUT2D eigenvalue weighted by atomic mass is 16.5. The quantitative estimate of drug-likeness (QED) is 0.673. The zero-order chi connectivity index (χ0) is 12.8. The van der Waals surface area contributed by atoms with E-state index in [9.17, 15) is 0 Å². The number of ether oxygens (including phenoxy) is 1. The lowest BCUT2D eigenvalue weighted by atomic mass is 9.97. The first-order chi connectivity index (χ1) is 8.83. The van der Waals surface area contributed by atoms with Crippen LogP contribution in [-0.4, -0.2) is 49.8 Å². The molecule has 0 aromatic heterocycles. The Labute approximate surface area is 112 Å². The third-order valence-electron chi connectivity index (χ3n) is 4.52. The van der Waals surface area contributed by atoms with Gasteiger partial charge in [0.15, 0.2) is 0 Å². The Morgan fingerprint density at radius 2 is 1.83 bits per heavy atom. The van der Waals surface area contributed by atoms with E-state index >= 15 is 0 Å². The van der Waals surface area contributed by atoms with Crippen molar-refractivity contribution in [2.45, 2.75) is 70.0 Å². The molecule has 0 aliphatic carbocycles. The molecule has 2 saturated heterocycles. The van der Waals surface area contributed by atoms with Crippen LogP contribution in [0.4, 0.5) is 0 Å². The van der Waals surface area contributed by atoms with Crippen LogP contribution < -0.4 is 5.32 Å². The second kappa shape index (κ2) is 7.46. The molecule has 2 rings (SSSR count). The van der Waals surface area contributed by atoms with Gasteiger partial charge < -0.3 is 15.0 Å². The number of unbranched alkanes of at least 4 members (excludes halogenated alkanes) is 1. The minimum atomic E-state index is 0.812. The molecule has 18 heavy (non-hydrogen) atoms. The maximum atomic E-state index is 5.14. The van der Waals surface area contributed by atoms with Crippen LogP contribution in [0.3, 0.4) is 0 Å². The molecule has 2 fully saturated rings. The predicted octanol–water partition coefficient (Wildman–Crippen LogP) is 2.41. The van der Waals surface area contributed by atoms with Crippen LogP contribution in [0, 0.1) is 0 Å². The van der Waals surface area contributed by atoms with Crippen molar-refractivity contribution < 1.29 is 4.74 Å². The SMILES string of the molecule is CCCN(CCCCOC)C1CC2CCC(C1)N2. The highest BCUT2D eigenvalue weighted by Crippen LogP contribution is 2.29. The molecule has 106 valence electrons. The van der Waals surface area contributed by atoms with Crippen LogP contribution in [0.15, 0.2) is 0 Å². The van der Waals surface area contributed by atoms with Gasteiger partial charge in [-0.25, -0.2) is 0 Å². The number of hydrogen-bond acceptors (Lipinski definition) is 3. The zero-order valence-electron chi connectivity index (χ0n) is 12.2. The minimum absolute atomic E-state index is 0.812. The summed E-state index contributed by atoms with van der Waals surface area (Å²) in [6.07, 6.45) is 9.34. The molecule has 0 radical (unpaired) electrons. The molecule has 0 amide bonds. The molecular formula is C15H30N2O. The predicted molar refractivity (Wildman–Crippen MR) is 75.9 cm³/mol. The van der Waals surface area contributed by atoms with Gasteiger partial charge >= 0.3 is 0 Å². The van der Waals surface area contributed by atoms with Crippen molar-refractivity contribution in [3.05, 3.63) is 0 Å². The number of nitrogens with zero attached hydrogens (tertiary/aromatic N) is 1. The first kappa shape index (κ1) is 14.3. The number of hydrogen-bond donors (Lipinski definition) is 1. The van der Waals surface area contributed by atoms with E-state index in [1.165, 1.54) is 58.0 Å². The average molecular weight is 254 g/mol. The molecule has 0 aromatic rings. The van der Waals surface area contributed by atoms with Gasteiger partial charge in [0.25, 0.3) is 0 Å². The van der Waals surface area contributed by atoms with Crippen LogP contribution in [0.2, 0.25) is 0 Å². The van der Waals surface area contributed by atoms with E-state index in [0.717, 1.165) is 24.7 Å². The number of rotatable bonds is 8. The zero-order valence-corrected chi connectivity index (χ0v) is 12.2. The van der Waals surface area contributed by atoms with E-state index in [4.69, 9.17) is 4.74 Å². The third-order valence-corrected chi connectivity index (χ3v) is 4.52. The molecular weight excluding hydrogens is 224 g/mol. The van der Waals surface area contributed by atoms with Gasteiger partial charge in [0, 0.05) is 31.8 Å². The molecule has 2 unspecified atom stereocenters. The molecule has 1 N–H and O–H groups in total. The van der Waals surface area contributed by atoms with Gasteiger partial charge in [-0.3, -0.25) is 0 Å². The molecule has 0 aromatic carbocycles. The van der Waals surface area contributed by atoms with E-state index in [1.54, 1.807) is 7.11 Å². The lowest BCUT2D eigenvalue weighted by Gasteiger charge is -2.37. The lowest BCUT2D eigenvalue weighted by molar-refractivity contribution is 0.131. The Morgan fingerprint density at radius 3 is 2.44 bits per heavy atom. The van der Waals surface area contributed by atoms with Crippen molar-refractivity contribution in [3.8, 4) is 0 Å². The van der Waals surface area contributed by atoms with E-state index in [1.807, 2.05) is 0 Å².